The second-order valence-corrected chi connectivity index (χ2v) is 8.76. The lowest BCUT2D eigenvalue weighted by molar-refractivity contribution is -0.0349. The summed E-state index contributed by atoms with van der Waals surface area (Å²) in [5.74, 6) is -0.0643. The van der Waals surface area contributed by atoms with Gasteiger partial charge in [-0.05, 0) is 50.2 Å². The first-order chi connectivity index (χ1) is 12.8. The van der Waals surface area contributed by atoms with Crippen LogP contribution in [0.1, 0.15) is 42.6 Å². The Kier molecular flexibility index (Phi) is 5.69. The molecule has 4 heterocycles. The lowest BCUT2D eigenvalue weighted by atomic mass is 9.86. The molecular weight excluding hydrogens is 366 g/mol. The van der Waals surface area contributed by atoms with Gasteiger partial charge in [-0.25, -0.2) is 4.98 Å². The Morgan fingerprint density at radius 1 is 1.23 bits per heavy atom. The van der Waals surface area contributed by atoms with Crippen LogP contribution in [0, 0.1) is 0 Å². The normalized spacial score (nSPS) is 20.8. The molecule has 2 aliphatic heterocycles. The van der Waals surface area contributed by atoms with E-state index in [0.717, 1.165) is 49.7 Å². The van der Waals surface area contributed by atoms with E-state index in [1.807, 2.05) is 16.8 Å². The van der Waals surface area contributed by atoms with Crippen molar-refractivity contribution in [1.82, 2.24) is 15.2 Å². The van der Waals surface area contributed by atoms with Crippen molar-refractivity contribution in [1.29, 1.82) is 0 Å². The number of aromatic nitrogens is 1. The van der Waals surface area contributed by atoms with E-state index in [-0.39, 0.29) is 11.4 Å². The van der Waals surface area contributed by atoms with Crippen LogP contribution in [0.4, 0.5) is 0 Å². The van der Waals surface area contributed by atoms with Gasteiger partial charge in [0.05, 0.1) is 0 Å². The molecule has 2 aromatic heterocycles. The third-order valence-electron chi connectivity index (χ3n) is 5.53. The summed E-state index contributed by atoms with van der Waals surface area (Å²) in [6.07, 6.45) is 5.81. The average Bonchev–Trinajstić information content (AvgIpc) is 3.39. The van der Waals surface area contributed by atoms with Gasteiger partial charge >= 0.3 is 0 Å². The first-order valence-corrected chi connectivity index (χ1v) is 11.2. The van der Waals surface area contributed by atoms with Gasteiger partial charge in [0.25, 0.3) is 5.91 Å². The quantitative estimate of drug-likeness (QED) is 0.846. The summed E-state index contributed by atoms with van der Waals surface area (Å²) in [5, 5.41) is 10.0. The number of thiazole rings is 1. The second kappa shape index (κ2) is 8.17. The predicted molar refractivity (Wildman–Crippen MR) is 106 cm³/mol. The zero-order valence-corrected chi connectivity index (χ0v) is 16.5. The molecule has 0 unspecified atom stereocenters. The molecule has 1 amide bonds. The first kappa shape index (κ1) is 18.1. The largest absolute Gasteiger partial charge is 0.381 e. The maximum atomic E-state index is 12.7. The molecule has 0 radical (unpaired) electrons. The number of hydrogen-bond donors (Lipinski definition) is 1. The fraction of sp³-hybridized carbons (Fsp3) is 0.579. The number of nitrogens with one attached hydrogen (secondary N) is 1. The van der Waals surface area contributed by atoms with Gasteiger partial charge < -0.3 is 10.1 Å². The highest BCUT2D eigenvalue weighted by atomic mass is 32.1. The lowest BCUT2D eigenvalue weighted by Gasteiger charge is -2.48. The molecule has 140 valence electrons. The van der Waals surface area contributed by atoms with Crippen LogP contribution in [0.3, 0.4) is 0 Å². The second-order valence-electron chi connectivity index (χ2n) is 7.12. The van der Waals surface area contributed by atoms with E-state index in [9.17, 15) is 4.79 Å². The van der Waals surface area contributed by atoms with Crippen LogP contribution >= 0.6 is 22.7 Å². The number of carbonyl (C=O) groups excluding carboxylic acids is 1. The molecule has 0 spiro atoms. The first-order valence-electron chi connectivity index (χ1n) is 9.36. The zero-order valence-electron chi connectivity index (χ0n) is 14.9. The van der Waals surface area contributed by atoms with Crippen molar-refractivity contribution in [3.8, 4) is 10.6 Å². The molecule has 4 rings (SSSR count). The van der Waals surface area contributed by atoms with E-state index >= 15 is 0 Å². The lowest BCUT2D eigenvalue weighted by Crippen LogP contribution is -2.59. The van der Waals surface area contributed by atoms with Gasteiger partial charge in [0, 0.05) is 41.6 Å². The topological polar surface area (TPSA) is 54.5 Å². The summed E-state index contributed by atoms with van der Waals surface area (Å²) in [6, 6.07) is 2.04. The van der Waals surface area contributed by atoms with Gasteiger partial charge in [-0.1, -0.05) is 6.42 Å². The van der Waals surface area contributed by atoms with Crippen molar-refractivity contribution < 1.29 is 9.53 Å². The Morgan fingerprint density at radius 2 is 2.04 bits per heavy atom. The number of amides is 1. The Morgan fingerprint density at radius 3 is 2.77 bits per heavy atom. The number of rotatable bonds is 5. The standard InChI is InChI=1S/C19H25N3O2S2/c23-17(16-13-26-18(21-16)15-4-11-25-12-15)20-14-19(5-9-24-10-6-19)22-7-2-1-3-8-22/h4,11-13H,1-3,5-10,14H2,(H,20,23). The van der Waals surface area contributed by atoms with Crippen molar-refractivity contribution >= 4 is 28.6 Å². The number of thiophene rings is 1. The Bertz CT molecular complexity index is 717. The van der Waals surface area contributed by atoms with E-state index in [1.54, 1.807) is 11.3 Å². The summed E-state index contributed by atoms with van der Waals surface area (Å²) < 4.78 is 5.60. The van der Waals surface area contributed by atoms with Crippen LogP contribution in [0.25, 0.3) is 10.6 Å². The molecule has 26 heavy (non-hydrogen) atoms. The SMILES string of the molecule is O=C(NCC1(N2CCCCC2)CCOCC1)c1csc(-c2ccsc2)n1. The van der Waals surface area contributed by atoms with Crippen molar-refractivity contribution in [2.24, 2.45) is 0 Å². The highest BCUT2D eigenvalue weighted by Gasteiger charge is 2.39. The number of hydrogen-bond acceptors (Lipinski definition) is 6. The average molecular weight is 392 g/mol. The fourth-order valence-electron chi connectivity index (χ4n) is 3.96. The van der Waals surface area contributed by atoms with Gasteiger partial charge in [-0.15, -0.1) is 11.3 Å². The zero-order chi connectivity index (χ0) is 17.8. The number of nitrogens with zero attached hydrogens (tertiary/aromatic N) is 2. The highest BCUT2D eigenvalue weighted by Crippen LogP contribution is 2.31. The molecule has 0 atom stereocenters. The molecule has 0 bridgehead atoms. The predicted octanol–water partition coefficient (Wildman–Crippen LogP) is 3.64. The molecule has 0 saturated carbocycles. The molecule has 1 N–H and O–H groups in total. The molecule has 5 nitrogen and oxygen atoms in total. The molecule has 7 heteroatoms. The molecule has 0 aliphatic carbocycles. The van der Waals surface area contributed by atoms with E-state index in [0.29, 0.717) is 12.2 Å². The third-order valence-corrected chi connectivity index (χ3v) is 7.11. The summed E-state index contributed by atoms with van der Waals surface area (Å²) in [5.41, 5.74) is 1.66. The summed E-state index contributed by atoms with van der Waals surface area (Å²) >= 11 is 3.17. The van der Waals surface area contributed by atoms with E-state index in [4.69, 9.17) is 4.74 Å². The molecule has 2 fully saturated rings. The molecule has 2 saturated heterocycles. The third kappa shape index (κ3) is 3.86. The van der Waals surface area contributed by atoms with Gasteiger partial charge in [0.15, 0.2) is 0 Å². The Balaban J connectivity index is 1.43. The van der Waals surface area contributed by atoms with Crippen molar-refractivity contribution in [3.05, 3.63) is 27.9 Å². The molecular formula is C19H25N3O2S2. The minimum absolute atomic E-state index is 0.0422. The van der Waals surface area contributed by atoms with Gasteiger partial charge in [-0.2, -0.15) is 11.3 Å². The highest BCUT2D eigenvalue weighted by molar-refractivity contribution is 7.14. The summed E-state index contributed by atoms with van der Waals surface area (Å²) in [4.78, 5) is 19.8. The van der Waals surface area contributed by atoms with Gasteiger partial charge in [0.2, 0.25) is 0 Å². The van der Waals surface area contributed by atoms with Gasteiger partial charge in [0.1, 0.15) is 10.7 Å². The van der Waals surface area contributed by atoms with Crippen LogP contribution < -0.4 is 5.32 Å². The van der Waals surface area contributed by atoms with Crippen molar-refractivity contribution in [3.63, 3.8) is 0 Å². The van der Waals surface area contributed by atoms with E-state index < -0.39 is 0 Å². The minimum Gasteiger partial charge on any atom is -0.381 e. The van der Waals surface area contributed by atoms with Crippen LogP contribution in [0.5, 0.6) is 0 Å². The van der Waals surface area contributed by atoms with Crippen molar-refractivity contribution in [2.75, 3.05) is 32.8 Å². The molecule has 2 aliphatic rings. The number of ether oxygens (including phenoxy) is 1. The number of likely N-dealkylation sites (tertiary alicyclic amines) is 1. The Labute approximate surface area is 162 Å². The Hall–Kier alpha value is -1.28. The monoisotopic (exact) mass is 391 g/mol. The smallest absolute Gasteiger partial charge is 0.270 e. The number of piperidine rings is 1. The van der Waals surface area contributed by atoms with E-state index in [1.165, 1.54) is 30.6 Å². The van der Waals surface area contributed by atoms with Crippen LogP contribution in [-0.2, 0) is 4.74 Å². The minimum atomic E-state index is -0.0643. The van der Waals surface area contributed by atoms with Crippen LogP contribution in [0.2, 0.25) is 0 Å². The maximum Gasteiger partial charge on any atom is 0.270 e. The fourth-order valence-corrected chi connectivity index (χ4v) is 5.47. The van der Waals surface area contributed by atoms with Crippen LogP contribution in [0.15, 0.2) is 22.2 Å². The molecule has 0 aromatic carbocycles. The van der Waals surface area contributed by atoms with Crippen LogP contribution in [-0.4, -0.2) is 54.2 Å². The molecule has 2 aromatic rings. The summed E-state index contributed by atoms with van der Waals surface area (Å²) in [7, 11) is 0. The van der Waals surface area contributed by atoms with Gasteiger partial charge in [-0.3, -0.25) is 9.69 Å². The maximum absolute atomic E-state index is 12.7. The van der Waals surface area contributed by atoms with Crippen molar-refractivity contribution in [2.45, 2.75) is 37.6 Å². The number of carbonyl (C=O) groups is 1. The van der Waals surface area contributed by atoms with E-state index in [2.05, 4.69) is 20.6 Å². The summed E-state index contributed by atoms with van der Waals surface area (Å²) in [6.45, 7) is 4.51.